The molecule has 1 heterocycles. The van der Waals surface area contributed by atoms with Gasteiger partial charge in [0.25, 0.3) is 0 Å². The zero-order chi connectivity index (χ0) is 15.6. The molecule has 8 heteroatoms. The molecule has 110 valence electrons. The summed E-state index contributed by atoms with van der Waals surface area (Å²) in [5.41, 5.74) is 5.85. The molecule has 3 N–H and O–H groups in total. The number of carboxylic acids is 1. The second-order valence-corrected chi connectivity index (χ2v) is 4.02. The summed E-state index contributed by atoms with van der Waals surface area (Å²) < 4.78 is 40.3. The van der Waals surface area contributed by atoms with Crippen LogP contribution in [0.1, 0.15) is 10.5 Å². The molecule has 0 aliphatic carbocycles. The molecule has 0 aliphatic rings. The Kier molecular flexibility index (Phi) is 3.70. The number of ether oxygens (including phenoxy) is 1. The van der Waals surface area contributed by atoms with Crippen LogP contribution in [0.25, 0.3) is 11.3 Å². The Balaban J connectivity index is 2.45. The summed E-state index contributed by atoms with van der Waals surface area (Å²) in [6.07, 6.45) is -4.82. The number of halogens is 3. The van der Waals surface area contributed by atoms with Crippen molar-refractivity contribution in [2.45, 2.75) is 6.36 Å². The van der Waals surface area contributed by atoms with Crippen molar-refractivity contribution in [3.05, 3.63) is 42.1 Å². The zero-order valence-corrected chi connectivity index (χ0v) is 10.4. The molecule has 0 amide bonds. The molecule has 0 bridgehead atoms. The van der Waals surface area contributed by atoms with Gasteiger partial charge in [-0.15, -0.1) is 13.2 Å². The molecule has 0 spiro atoms. The SMILES string of the molecule is Nc1ccc(C(=O)O)nc1-c1cccc(OC(F)(F)F)c1. The molecule has 0 fully saturated rings. The van der Waals surface area contributed by atoms with E-state index in [1.165, 1.54) is 24.3 Å². The van der Waals surface area contributed by atoms with Crippen LogP contribution < -0.4 is 10.5 Å². The van der Waals surface area contributed by atoms with Gasteiger partial charge in [-0.3, -0.25) is 0 Å². The van der Waals surface area contributed by atoms with Crippen molar-refractivity contribution in [2.75, 3.05) is 5.73 Å². The Morgan fingerprint density at radius 2 is 1.95 bits per heavy atom. The van der Waals surface area contributed by atoms with Crippen molar-refractivity contribution >= 4 is 11.7 Å². The lowest BCUT2D eigenvalue weighted by molar-refractivity contribution is -0.274. The summed E-state index contributed by atoms with van der Waals surface area (Å²) in [5.74, 6) is -1.71. The van der Waals surface area contributed by atoms with Gasteiger partial charge in [0.2, 0.25) is 0 Å². The highest BCUT2D eigenvalue weighted by atomic mass is 19.4. The molecule has 2 rings (SSSR count). The van der Waals surface area contributed by atoms with Crippen LogP contribution in [-0.4, -0.2) is 22.4 Å². The number of hydrogen-bond donors (Lipinski definition) is 2. The molecule has 2 aromatic rings. The smallest absolute Gasteiger partial charge is 0.477 e. The molecule has 21 heavy (non-hydrogen) atoms. The third kappa shape index (κ3) is 3.62. The normalized spacial score (nSPS) is 11.2. The van der Waals surface area contributed by atoms with E-state index in [1.54, 1.807) is 0 Å². The van der Waals surface area contributed by atoms with Crippen molar-refractivity contribution in [2.24, 2.45) is 0 Å². The number of rotatable bonds is 3. The van der Waals surface area contributed by atoms with Crippen molar-refractivity contribution in [3.63, 3.8) is 0 Å². The van der Waals surface area contributed by atoms with E-state index in [9.17, 15) is 18.0 Å². The number of aromatic carboxylic acids is 1. The van der Waals surface area contributed by atoms with Crippen molar-refractivity contribution in [1.82, 2.24) is 4.98 Å². The minimum Gasteiger partial charge on any atom is -0.477 e. The van der Waals surface area contributed by atoms with Crippen LogP contribution >= 0.6 is 0 Å². The van der Waals surface area contributed by atoms with Crippen LogP contribution in [-0.2, 0) is 0 Å². The van der Waals surface area contributed by atoms with Gasteiger partial charge >= 0.3 is 12.3 Å². The van der Waals surface area contributed by atoms with E-state index in [1.807, 2.05) is 0 Å². The van der Waals surface area contributed by atoms with Crippen LogP contribution in [0.15, 0.2) is 36.4 Å². The van der Waals surface area contributed by atoms with E-state index in [4.69, 9.17) is 10.8 Å². The summed E-state index contributed by atoms with van der Waals surface area (Å²) in [4.78, 5) is 14.7. The number of nitrogens with zero attached hydrogens (tertiary/aromatic N) is 1. The van der Waals surface area contributed by atoms with Gasteiger partial charge in [-0.05, 0) is 24.3 Å². The van der Waals surface area contributed by atoms with E-state index in [2.05, 4.69) is 9.72 Å². The number of anilines is 1. The third-order valence-electron chi connectivity index (χ3n) is 2.49. The average molecular weight is 298 g/mol. The highest BCUT2D eigenvalue weighted by Crippen LogP contribution is 2.29. The number of hydrogen-bond acceptors (Lipinski definition) is 4. The number of nitrogen functional groups attached to an aromatic ring is 1. The Bertz CT molecular complexity index is 687. The van der Waals surface area contributed by atoms with Crippen LogP contribution in [0.4, 0.5) is 18.9 Å². The molecule has 0 atom stereocenters. The molecule has 5 nitrogen and oxygen atoms in total. The number of alkyl halides is 3. The summed E-state index contributed by atoms with van der Waals surface area (Å²) >= 11 is 0. The fourth-order valence-electron chi connectivity index (χ4n) is 1.66. The van der Waals surface area contributed by atoms with Crippen molar-refractivity contribution < 1.29 is 27.8 Å². The fraction of sp³-hybridized carbons (Fsp3) is 0.0769. The predicted octanol–water partition coefficient (Wildman–Crippen LogP) is 2.93. The number of carboxylic acid groups (broad SMARTS) is 1. The summed E-state index contributed by atoms with van der Waals surface area (Å²) in [6.45, 7) is 0. The highest BCUT2D eigenvalue weighted by Gasteiger charge is 2.31. The first-order valence-corrected chi connectivity index (χ1v) is 5.62. The van der Waals surface area contributed by atoms with Crippen molar-refractivity contribution in [1.29, 1.82) is 0 Å². The third-order valence-corrected chi connectivity index (χ3v) is 2.49. The molecular formula is C13H9F3N2O3. The first kappa shape index (κ1) is 14.6. The molecule has 0 saturated carbocycles. The van der Waals surface area contributed by atoms with Gasteiger partial charge in [-0.1, -0.05) is 12.1 Å². The molecule has 0 unspecified atom stereocenters. The number of pyridine rings is 1. The highest BCUT2D eigenvalue weighted by molar-refractivity contribution is 5.87. The summed E-state index contributed by atoms with van der Waals surface area (Å²) in [6, 6.07) is 7.50. The molecule has 1 aromatic heterocycles. The lowest BCUT2D eigenvalue weighted by Gasteiger charge is -2.11. The molecular weight excluding hydrogens is 289 g/mol. The van der Waals surface area contributed by atoms with E-state index in [-0.39, 0.29) is 22.6 Å². The van der Waals surface area contributed by atoms with Crippen molar-refractivity contribution in [3.8, 4) is 17.0 Å². The largest absolute Gasteiger partial charge is 0.573 e. The maximum Gasteiger partial charge on any atom is 0.573 e. The van der Waals surface area contributed by atoms with Crippen LogP contribution in [0.2, 0.25) is 0 Å². The van der Waals surface area contributed by atoms with E-state index in [0.29, 0.717) is 0 Å². The second kappa shape index (κ2) is 5.31. The maximum absolute atomic E-state index is 12.2. The van der Waals surface area contributed by atoms with Gasteiger partial charge in [0, 0.05) is 5.56 Å². The Morgan fingerprint density at radius 3 is 2.57 bits per heavy atom. The number of nitrogens with two attached hydrogens (primary N) is 1. The molecule has 0 radical (unpaired) electrons. The minimum atomic E-state index is -4.82. The Morgan fingerprint density at radius 1 is 1.24 bits per heavy atom. The van der Waals surface area contributed by atoms with Crippen LogP contribution in [0.5, 0.6) is 5.75 Å². The number of aromatic nitrogens is 1. The van der Waals surface area contributed by atoms with E-state index in [0.717, 1.165) is 12.1 Å². The predicted molar refractivity (Wildman–Crippen MR) is 67.7 cm³/mol. The van der Waals surface area contributed by atoms with E-state index < -0.39 is 18.1 Å². The minimum absolute atomic E-state index is 0.0718. The number of benzene rings is 1. The Hall–Kier alpha value is -2.77. The monoisotopic (exact) mass is 298 g/mol. The topological polar surface area (TPSA) is 85.4 Å². The standard InChI is InChI=1S/C13H9F3N2O3/c14-13(15,16)21-8-3-1-2-7(6-8)11-9(17)4-5-10(18-11)12(19)20/h1-6H,17H2,(H,19,20). The van der Waals surface area contributed by atoms with E-state index >= 15 is 0 Å². The second-order valence-electron chi connectivity index (χ2n) is 4.02. The quantitative estimate of drug-likeness (QED) is 0.910. The summed E-state index contributed by atoms with van der Waals surface area (Å²) in [7, 11) is 0. The first-order chi connectivity index (χ1) is 9.76. The zero-order valence-electron chi connectivity index (χ0n) is 10.4. The molecule has 0 saturated heterocycles. The lowest BCUT2D eigenvalue weighted by Crippen LogP contribution is -2.17. The van der Waals surface area contributed by atoms with Gasteiger partial charge < -0.3 is 15.6 Å². The van der Waals surface area contributed by atoms with Crippen LogP contribution in [0, 0.1) is 0 Å². The molecule has 0 aliphatic heterocycles. The average Bonchev–Trinajstić information content (AvgIpc) is 2.37. The van der Waals surface area contributed by atoms with Crippen LogP contribution in [0.3, 0.4) is 0 Å². The fourth-order valence-corrected chi connectivity index (χ4v) is 1.66. The number of carbonyl (C=O) groups is 1. The summed E-state index contributed by atoms with van der Waals surface area (Å²) in [5, 5.41) is 8.88. The van der Waals surface area contributed by atoms with Gasteiger partial charge in [0.1, 0.15) is 11.4 Å². The van der Waals surface area contributed by atoms with Gasteiger partial charge in [-0.2, -0.15) is 0 Å². The lowest BCUT2D eigenvalue weighted by atomic mass is 10.1. The maximum atomic E-state index is 12.2. The Labute approximate surface area is 116 Å². The molecule has 1 aromatic carbocycles. The van der Waals surface area contributed by atoms with Gasteiger partial charge in [0.05, 0.1) is 11.4 Å². The van der Waals surface area contributed by atoms with Gasteiger partial charge in [0.15, 0.2) is 0 Å². The first-order valence-electron chi connectivity index (χ1n) is 5.62. The van der Waals surface area contributed by atoms with Gasteiger partial charge in [-0.25, -0.2) is 9.78 Å².